The Morgan fingerprint density at radius 1 is 1.56 bits per heavy atom. The van der Waals surface area contributed by atoms with Crippen LogP contribution in [0.5, 0.6) is 5.75 Å². The van der Waals surface area contributed by atoms with E-state index in [-0.39, 0.29) is 23.4 Å². The van der Waals surface area contributed by atoms with E-state index in [1.807, 2.05) is 0 Å². The summed E-state index contributed by atoms with van der Waals surface area (Å²) in [7, 11) is 1.21. The lowest BCUT2D eigenvalue weighted by Gasteiger charge is -2.11. The quantitative estimate of drug-likeness (QED) is 0.651. The molecule has 0 aliphatic rings. The van der Waals surface area contributed by atoms with Crippen molar-refractivity contribution in [3.05, 3.63) is 23.3 Å². The molecule has 5 nitrogen and oxygen atoms in total. The number of anilines is 1. The number of nitrogens with two attached hydrogens (primary N) is 1. The highest BCUT2D eigenvalue weighted by Crippen LogP contribution is 2.29. The molecule has 0 bridgehead atoms. The third-order valence-corrected chi connectivity index (χ3v) is 2.08. The fraction of sp³-hybridized carbons (Fsp3) is 0.273. The molecule has 1 rings (SSSR count). The maximum atomic E-state index is 12.1. The number of benzene rings is 1. The molecule has 0 atom stereocenters. The zero-order valence-electron chi connectivity index (χ0n) is 9.44. The summed E-state index contributed by atoms with van der Waals surface area (Å²) in [5.74, 6) is -0.915. The van der Waals surface area contributed by atoms with Gasteiger partial charge in [-0.15, -0.1) is 0 Å². The maximum absolute atomic E-state index is 12.1. The van der Waals surface area contributed by atoms with Crippen LogP contribution in [0.2, 0.25) is 0 Å². The van der Waals surface area contributed by atoms with Gasteiger partial charge in [-0.1, -0.05) is 0 Å². The van der Waals surface area contributed by atoms with Crippen LogP contribution in [0, 0.1) is 11.3 Å². The van der Waals surface area contributed by atoms with Gasteiger partial charge in [0.1, 0.15) is 6.07 Å². The monoisotopic (exact) mass is 256 g/mol. The third-order valence-electron chi connectivity index (χ3n) is 2.08. The number of carbonyl (C=O) groups excluding carboxylic acids is 1. The molecule has 1 aromatic carbocycles. The van der Waals surface area contributed by atoms with Crippen molar-refractivity contribution < 1.29 is 23.0 Å². The molecule has 0 heterocycles. The summed E-state index contributed by atoms with van der Waals surface area (Å²) < 4.78 is 32.8. The molecule has 0 amide bonds. The van der Waals surface area contributed by atoms with Gasteiger partial charge in [-0.05, 0) is 17.7 Å². The average Bonchev–Trinajstić information content (AvgIpc) is 2.31. The van der Waals surface area contributed by atoms with Gasteiger partial charge >= 0.3 is 12.6 Å². The van der Waals surface area contributed by atoms with Crippen LogP contribution in [0.15, 0.2) is 12.1 Å². The van der Waals surface area contributed by atoms with Crippen LogP contribution in [-0.2, 0) is 16.0 Å². The van der Waals surface area contributed by atoms with E-state index < -0.39 is 12.6 Å². The number of methoxy groups -OCH3 is 1. The molecule has 7 heteroatoms. The summed E-state index contributed by atoms with van der Waals surface area (Å²) in [6.45, 7) is -3.08. The number of rotatable bonds is 4. The van der Waals surface area contributed by atoms with Crippen molar-refractivity contribution in [3.8, 4) is 11.8 Å². The lowest BCUT2D eigenvalue weighted by molar-refractivity contribution is -0.139. The smallest absolute Gasteiger partial charge is 0.387 e. The van der Waals surface area contributed by atoms with Gasteiger partial charge in [0.25, 0.3) is 0 Å². The first-order valence-corrected chi connectivity index (χ1v) is 4.82. The largest absolute Gasteiger partial charge is 0.469 e. The fourth-order valence-electron chi connectivity index (χ4n) is 1.36. The number of halogens is 2. The topological polar surface area (TPSA) is 85.3 Å². The molecule has 2 N–H and O–H groups in total. The highest BCUT2D eigenvalue weighted by atomic mass is 19.3. The minimum Gasteiger partial charge on any atom is -0.469 e. The number of nitrogen functional groups attached to an aromatic ring is 1. The Labute approximate surface area is 102 Å². The van der Waals surface area contributed by atoms with Crippen molar-refractivity contribution >= 4 is 11.7 Å². The summed E-state index contributed by atoms with van der Waals surface area (Å²) in [5.41, 5.74) is 5.60. The van der Waals surface area contributed by atoms with Crippen LogP contribution in [0.3, 0.4) is 0 Å². The van der Waals surface area contributed by atoms with Crippen molar-refractivity contribution in [1.82, 2.24) is 0 Å². The predicted octanol–water partition coefficient (Wildman–Crippen LogP) is 1.46. The van der Waals surface area contributed by atoms with E-state index in [0.717, 1.165) is 0 Å². The molecule has 0 saturated heterocycles. The van der Waals surface area contributed by atoms with Crippen molar-refractivity contribution in [2.75, 3.05) is 12.8 Å². The van der Waals surface area contributed by atoms with Gasteiger partial charge < -0.3 is 15.2 Å². The number of nitrogens with zero attached hydrogens (tertiary/aromatic N) is 1. The van der Waals surface area contributed by atoms with Crippen LogP contribution in [-0.4, -0.2) is 19.7 Å². The van der Waals surface area contributed by atoms with Gasteiger partial charge in [-0.2, -0.15) is 14.0 Å². The zero-order chi connectivity index (χ0) is 13.7. The Bertz CT molecular complexity index is 498. The zero-order valence-corrected chi connectivity index (χ0v) is 9.44. The lowest BCUT2D eigenvalue weighted by Crippen LogP contribution is -2.09. The first-order valence-electron chi connectivity index (χ1n) is 4.82. The van der Waals surface area contributed by atoms with Crippen molar-refractivity contribution in [3.63, 3.8) is 0 Å². The Kier molecular flexibility index (Phi) is 4.43. The summed E-state index contributed by atoms with van der Waals surface area (Å²) in [6.07, 6.45) is -0.107. The molecule has 0 fully saturated rings. The van der Waals surface area contributed by atoms with Gasteiger partial charge in [-0.3, -0.25) is 4.79 Å². The Hall–Kier alpha value is -2.36. The van der Waals surface area contributed by atoms with Gasteiger partial charge in [0.15, 0.2) is 5.75 Å². The second-order valence-electron chi connectivity index (χ2n) is 3.30. The molecule has 0 spiro atoms. The number of esters is 1. The normalized spacial score (nSPS) is 9.94. The minimum atomic E-state index is -3.08. The SMILES string of the molecule is COC(=O)Cc1cc(N)c(OC(F)F)c(C#N)c1. The highest BCUT2D eigenvalue weighted by molar-refractivity contribution is 5.74. The van der Waals surface area contributed by atoms with Crippen LogP contribution in [0.4, 0.5) is 14.5 Å². The minimum absolute atomic E-state index is 0.107. The van der Waals surface area contributed by atoms with Gasteiger partial charge in [-0.25, -0.2) is 0 Å². The molecule has 96 valence electrons. The Balaban J connectivity index is 3.11. The predicted molar refractivity (Wildman–Crippen MR) is 57.9 cm³/mol. The highest BCUT2D eigenvalue weighted by Gasteiger charge is 2.16. The number of carbonyl (C=O) groups is 1. The van der Waals surface area contributed by atoms with Crippen LogP contribution in [0.1, 0.15) is 11.1 Å². The van der Waals surface area contributed by atoms with Crippen molar-refractivity contribution in [2.24, 2.45) is 0 Å². The average molecular weight is 256 g/mol. The van der Waals surface area contributed by atoms with Crippen LogP contribution in [0.25, 0.3) is 0 Å². The van der Waals surface area contributed by atoms with Crippen molar-refractivity contribution in [1.29, 1.82) is 5.26 Å². The van der Waals surface area contributed by atoms with Gasteiger partial charge in [0, 0.05) is 0 Å². The van der Waals surface area contributed by atoms with E-state index in [2.05, 4.69) is 9.47 Å². The number of ether oxygens (including phenoxy) is 2. The summed E-state index contributed by atoms with van der Waals surface area (Å²) in [4.78, 5) is 11.1. The van der Waals surface area contributed by atoms with E-state index in [1.54, 1.807) is 6.07 Å². The number of hydrogen-bond acceptors (Lipinski definition) is 5. The molecule has 0 aliphatic heterocycles. The van der Waals surface area contributed by atoms with E-state index in [1.165, 1.54) is 19.2 Å². The number of hydrogen-bond donors (Lipinski definition) is 1. The van der Waals surface area contributed by atoms with E-state index >= 15 is 0 Å². The van der Waals surface area contributed by atoms with Gasteiger partial charge in [0.05, 0.1) is 24.8 Å². The fourth-order valence-corrected chi connectivity index (χ4v) is 1.36. The summed E-state index contributed by atoms with van der Waals surface area (Å²) in [5, 5.41) is 8.82. The van der Waals surface area contributed by atoms with Crippen LogP contribution >= 0.6 is 0 Å². The summed E-state index contributed by atoms with van der Waals surface area (Å²) >= 11 is 0. The maximum Gasteiger partial charge on any atom is 0.387 e. The molecular formula is C11H10F2N2O3. The Morgan fingerprint density at radius 2 is 2.22 bits per heavy atom. The molecule has 0 aromatic heterocycles. The van der Waals surface area contributed by atoms with Crippen LogP contribution < -0.4 is 10.5 Å². The van der Waals surface area contributed by atoms with E-state index in [4.69, 9.17) is 11.0 Å². The molecule has 0 aliphatic carbocycles. The first kappa shape index (κ1) is 13.7. The second kappa shape index (κ2) is 5.82. The van der Waals surface area contributed by atoms with Crippen molar-refractivity contribution in [2.45, 2.75) is 13.0 Å². The molecule has 18 heavy (non-hydrogen) atoms. The van der Waals surface area contributed by atoms with E-state index in [0.29, 0.717) is 5.56 Å². The molecule has 0 unspecified atom stereocenters. The van der Waals surface area contributed by atoms with E-state index in [9.17, 15) is 13.6 Å². The summed E-state index contributed by atoms with van der Waals surface area (Å²) in [6, 6.07) is 4.23. The first-order chi connectivity index (χ1) is 8.47. The molecule has 0 radical (unpaired) electrons. The molecule has 0 saturated carbocycles. The number of alkyl halides is 2. The third kappa shape index (κ3) is 3.31. The standard InChI is InChI=1S/C11H10F2N2O3/c1-17-9(16)4-6-2-7(5-14)10(8(15)3-6)18-11(12)13/h2-3,11H,4,15H2,1H3. The number of nitriles is 1. The Morgan fingerprint density at radius 3 is 2.72 bits per heavy atom. The van der Waals surface area contributed by atoms with Gasteiger partial charge in [0.2, 0.25) is 0 Å². The second-order valence-corrected chi connectivity index (χ2v) is 3.30. The molecule has 1 aromatic rings. The molecular weight excluding hydrogens is 246 g/mol. The lowest BCUT2D eigenvalue weighted by atomic mass is 10.1.